The third-order valence-corrected chi connectivity index (χ3v) is 3.61. The van der Waals surface area contributed by atoms with Crippen LogP contribution in [-0.2, 0) is 20.7 Å². The fourth-order valence-electron chi connectivity index (χ4n) is 2.47. The summed E-state index contributed by atoms with van der Waals surface area (Å²) < 4.78 is 5.23. The van der Waals surface area contributed by atoms with Crippen molar-refractivity contribution in [2.75, 3.05) is 0 Å². The van der Waals surface area contributed by atoms with Crippen LogP contribution >= 0.6 is 0 Å². The van der Waals surface area contributed by atoms with E-state index in [9.17, 15) is 19.5 Å². The summed E-state index contributed by atoms with van der Waals surface area (Å²) in [6.07, 6.45) is -0.208. The van der Waals surface area contributed by atoms with Gasteiger partial charge in [-0.15, -0.1) is 0 Å². The van der Waals surface area contributed by atoms with Gasteiger partial charge < -0.3 is 20.5 Å². The minimum absolute atomic E-state index is 0.0952. The Kier molecular flexibility index (Phi) is 8.28. The molecule has 7 nitrogen and oxygen atoms in total. The number of carboxylic acid groups (broad SMARTS) is 1. The lowest BCUT2D eigenvalue weighted by atomic mass is 10.0. The molecule has 0 aromatic heterocycles. The van der Waals surface area contributed by atoms with Crippen LogP contribution in [0.5, 0.6) is 0 Å². The second-order valence-electron chi connectivity index (χ2n) is 7.92. The van der Waals surface area contributed by atoms with Crippen molar-refractivity contribution in [1.82, 2.24) is 10.6 Å². The predicted octanol–water partition coefficient (Wildman–Crippen LogP) is 2.74. The summed E-state index contributed by atoms with van der Waals surface area (Å²) in [6, 6.07) is 7.21. The maximum atomic E-state index is 12.7. The summed E-state index contributed by atoms with van der Waals surface area (Å²) in [6.45, 7) is 8.93. The molecule has 150 valence electrons. The van der Waals surface area contributed by atoms with Gasteiger partial charge in [0.05, 0.1) is 0 Å². The largest absolute Gasteiger partial charge is 0.480 e. The Morgan fingerprint density at radius 3 is 2.11 bits per heavy atom. The standard InChI is InChI=1S/C20H30N2O5/c1-13(2)11-16(18(24)25)21-17(23)15(12-14-9-7-6-8-10-14)22-19(26)27-20(3,4)5/h6-10,13,15-16H,11-12H2,1-5H3,(H,21,23)(H,22,26)(H,24,25)/t15-,16+/m0/s1. The Balaban J connectivity index is 2.92. The smallest absolute Gasteiger partial charge is 0.408 e. The van der Waals surface area contributed by atoms with Gasteiger partial charge in [-0.1, -0.05) is 44.2 Å². The zero-order chi connectivity index (χ0) is 20.6. The first-order valence-corrected chi connectivity index (χ1v) is 9.04. The van der Waals surface area contributed by atoms with Gasteiger partial charge in [0.1, 0.15) is 17.7 Å². The van der Waals surface area contributed by atoms with E-state index in [2.05, 4.69) is 10.6 Å². The van der Waals surface area contributed by atoms with Crippen molar-refractivity contribution in [1.29, 1.82) is 0 Å². The van der Waals surface area contributed by atoms with Crippen molar-refractivity contribution in [3.8, 4) is 0 Å². The zero-order valence-corrected chi connectivity index (χ0v) is 16.6. The maximum Gasteiger partial charge on any atom is 0.408 e. The molecule has 0 unspecified atom stereocenters. The molecule has 0 saturated heterocycles. The number of ether oxygens (including phenoxy) is 1. The first-order valence-electron chi connectivity index (χ1n) is 9.04. The van der Waals surface area contributed by atoms with E-state index in [-0.39, 0.29) is 12.3 Å². The highest BCUT2D eigenvalue weighted by molar-refractivity contribution is 5.89. The number of rotatable bonds is 8. The number of hydrogen-bond donors (Lipinski definition) is 3. The number of benzene rings is 1. The third-order valence-electron chi connectivity index (χ3n) is 3.61. The minimum atomic E-state index is -1.10. The summed E-state index contributed by atoms with van der Waals surface area (Å²) in [4.78, 5) is 36.3. The fourth-order valence-corrected chi connectivity index (χ4v) is 2.47. The molecular weight excluding hydrogens is 348 g/mol. The molecule has 0 radical (unpaired) electrons. The highest BCUT2D eigenvalue weighted by Crippen LogP contribution is 2.10. The highest BCUT2D eigenvalue weighted by atomic mass is 16.6. The number of carboxylic acids is 1. The average Bonchev–Trinajstić information content (AvgIpc) is 2.52. The van der Waals surface area contributed by atoms with Crippen molar-refractivity contribution in [2.45, 2.75) is 65.1 Å². The molecule has 0 heterocycles. The van der Waals surface area contributed by atoms with Crippen molar-refractivity contribution in [3.05, 3.63) is 35.9 Å². The third kappa shape index (κ3) is 9.08. The number of aliphatic carboxylic acids is 1. The number of carbonyl (C=O) groups excluding carboxylic acids is 2. The molecule has 0 saturated carbocycles. The first kappa shape index (κ1) is 22.5. The molecule has 1 rings (SSSR count). The molecule has 27 heavy (non-hydrogen) atoms. The van der Waals surface area contributed by atoms with Gasteiger partial charge in [-0.05, 0) is 38.7 Å². The van der Waals surface area contributed by atoms with Crippen molar-refractivity contribution in [2.24, 2.45) is 5.92 Å². The molecule has 3 N–H and O–H groups in total. The molecule has 0 bridgehead atoms. The Morgan fingerprint density at radius 1 is 1.04 bits per heavy atom. The van der Waals surface area contributed by atoms with Crippen LogP contribution in [0.4, 0.5) is 4.79 Å². The number of amides is 2. The zero-order valence-electron chi connectivity index (χ0n) is 16.6. The van der Waals surface area contributed by atoms with E-state index in [1.165, 1.54) is 0 Å². The molecule has 0 aliphatic rings. The summed E-state index contributed by atoms with van der Waals surface area (Å²) in [5.41, 5.74) is 0.128. The molecule has 2 amide bonds. The fraction of sp³-hybridized carbons (Fsp3) is 0.550. The first-order chi connectivity index (χ1) is 12.5. The van der Waals surface area contributed by atoms with Crippen LogP contribution < -0.4 is 10.6 Å². The van der Waals surface area contributed by atoms with Crippen LogP contribution in [0.15, 0.2) is 30.3 Å². The van der Waals surface area contributed by atoms with Gasteiger partial charge in [-0.25, -0.2) is 9.59 Å². The normalized spacial score (nSPS) is 13.6. The predicted molar refractivity (Wildman–Crippen MR) is 102 cm³/mol. The second-order valence-corrected chi connectivity index (χ2v) is 7.92. The van der Waals surface area contributed by atoms with Crippen LogP contribution in [-0.4, -0.2) is 40.8 Å². The van der Waals surface area contributed by atoms with Gasteiger partial charge in [0, 0.05) is 6.42 Å². The molecule has 7 heteroatoms. The lowest BCUT2D eigenvalue weighted by Gasteiger charge is -2.25. The lowest BCUT2D eigenvalue weighted by Crippen LogP contribution is -2.53. The molecule has 0 spiro atoms. The molecule has 1 aromatic rings. The quantitative estimate of drug-likeness (QED) is 0.645. The average molecular weight is 378 g/mol. The molecule has 2 atom stereocenters. The summed E-state index contributed by atoms with van der Waals surface area (Å²) in [5.74, 6) is -1.57. The number of alkyl carbamates (subject to hydrolysis) is 1. The van der Waals surface area contributed by atoms with Crippen LogP contribution in [0.3, 0.4) is 0 Å². The molecule has 0 aliphatic carbocycles. The van der Waals surface area contributed by atoms with Crippen molar-refractivity contribution < 1.29 is 24.2 Å². The second kappa shape index (κ2) is 9.94. The van der Waals surface area contributed by atoms with Gasteiger partial charge in [-0.2, -0.15) is 0 Å². The summed E-state index contributed by atoms with van der Waals surface area (Å²) in [5, 5.41) is 14.4. The monoisotopic (exact) mass is 378 g/mol. The number of hydrogen-bond acceptors (Lipinski definition) is 4. The SMILES string of the molecule is CC(C)C[C@@H](NC(=O)[C@H](Cc1ccccc1)NC(=O)OC(C)(C)C)C(=O)O. The van der Waals surface area contributed by atoms with Gasteiger partial charge in [-0.3, -0.25) is 4.79 Å². The Morgan fingerprint density at radius 2 is 1.63 bits per heavy atom. The van der Waals surface area contributed by atoms with Crippen molar-refractivity contribution >= 4 is 18.0 Å². The number of carbonyl (C=O) groups is 3. The Labute approximate surface area is 160 Å². The van der Waals surface area contributed by atoms with Crippen LogP contribution in [0, 0.1) is 5.92 Å². The van der Waals surface area contributed by atoms with E-state index in [1.54, 1.807) is 20.8 Å². The summed E-state index contributed by atoms with van der Waals surface area (Å²) >= 11 is 0. The number of nitrogens with one attached hydrogen (secondary N) is 2. The van der Waals surface area contributed by atoms with Crippen LogP contribution in [0.1, 0.15) is 46.6 Å². The van der Waals surface area contributed by atoms with Gasteiger partial charge in [0.2, 0.25) is 5.91 Å². The van der Waals surface area contributed by atoms with E-state index < -0.39 is 35.7 Å². The van der Waals surface area contributed by atoms with E-state index in [1.807, 2.05) is 44.2 Å². The molecule has 1 aromatic carbocycles. The highest BCUT2D eigenvalue weighted by Gasteiger charge is 2.28. The maximum absolute atomic E-state index is 12.7. The van der Waals surface area contributed by atoms with Crippen LogP contribution in [0.25, 0.3) is 0 Å². The Bertz CT molecular complexity index is 638. The molecule has 0 aliphatic heterocycles. The topological polar surface area (TPSA) is 105 Å². The van der Waals surface area contributed by atoms with E-state index >= 15 is 0 Å². The lowest BCUT2D eigenvalue weighted by molar-refractivity contribution is -0.142. The van der Waals surface area contributed by atoms with Gasteiger partial charge >= 0.3 is 12.1 Å². The van der Waals surface area contributed by atoms with E-state index in [4.69, 9.17) is 4.74 Å². The molecular formula is C20H30N2O5. The Hall–Kier alpha value is -2.57. The summed E-state index contributed by atoms with van der Waals surface area (Å²) in [7, 11) is 0. The minimum Gasteiger partial charge on any atom is -0.480 e. The van der Waals surface area contributed by atoms with Crippen molar-refractivity contribution in [3.63, 3.8) is 0 Å². The molecule has 0 fully saturated rings. The van der Waals surface area contributed by atoms with E-state index in [0.29, 0.717) is 6.42 Å². The van der Waals surface area contributed by atoms with Gasteiger partial charge in [0.15, 0.2) is 0 Å². The van der Waals surface area contributed by atoms with E-state index in [0.717, 1.165) is 5.56 Å². The van der Waals surface area contributed by atoms with Gasteiger partial charge in [0.25, 0.3) is 0 Å². The van der Waals surface area contributed by atoms with Crippen LogP contribution in [0.2, 0.25) is 0 Å².